The zero-order chi connectivity index (χ0) is 28.7. The summed E-state index contributed by atoms with van der Waals surface area (Å²) in [5.74, 6) is -0.539. The first-order chi connectivity index (χ1) is 18.3. The van der Waals surface area contributed by atoms with Crippen molar-refractivity contribution in [2.24, 2.45) is 0 Å². The molecule has 0 aliphatic heterocycles. The molecule has 10 heteroatoms. The highest BCUT2D eigenvalue weighted by molar-refractivity contribution is 5.99. The summed E-state index contributed by atoms with van der Waals surface area (Å²) < 4.78 is 18.4. The van der Waals surface area contributed by atoms with E-state index < -0.39 is 40.7 Å². The number of rotatable bonds is 7. The average molecular weight is 534 g/mol. The molecule has 0 spiro atoms. The highest BCUT2D eigenvalue weighted by atomic mass is 16.6. The number of nitrogens with zero attached hydrogens (tertiary/aromatic N) is 3. The van der Waals surface area contributed by atoms with E-state index in [1.807, 2.05) is 0 Å². The van der Waals surface area contributed by atoms with Gasteiger partial charge in [0.15, 0.2) is 5.78 Å². The van der Waals surface area contributed by atoms with Crippen molar-refractivity contribution >= 4 is 22.7 Å². The topological polar surface area (TPSA) is 123 Å². The zero-order valence-corrected chi connectivity index (χ0v) is 23.0. The molecule has 10 nitrogen and oxygen atoms in total. The van der Waals surface area contributed by atoms with E-state index in [0.717, 1.165) is 4.57 Å². The monoisotopic (exact) mass is 533 g/mol. The Kier molecular flexibility index (Phi) is 7.08. The molecule has 204 valence electrons. The summed E-state index contributed by atoms with van der Waals surface area (Å²) in [6.45, 7) is 9.26. The van der Waals surface area contributed by atoms with Crippen LogP contribution in [0.5, 0.6) is 5.75 Å². The molecular weight excluding hydrogens is 502 g/mol. The van der Waals surface area contributed by atoms with Crippen LogP contribution in [0, 0.1) is 6.92 Å². The van der Waals surface area contributed by atoms with E-state index in [1.54, 1.807) is 64.1 Å². The average Bonchev–Trinajstić information content (AvgIpc) is 3.39. The number of hydrogen-bond donors (Lipinski definition) is 0. The Labute approximate surface area is 224 Å². The number of fused-ring (bicyclic) bond motifs is 1. The number of Topliss-reactive ketones (excluding diaryl/α,β-unsaturated/α-hetero) is 1. The van der Waals surface area contributed by atoms with Crippen LogP contribution < -0.4 is 16.0 Å². The van der Waals surface area contributed by atoms with Crippen LogP contribution in [0.25, 0.3) is 22.4 Å². The molecule has 2 heterocycles. The van der Waals surface area contributed by atoms with Gasteiger partial charge in [0, 0.05) is 5.56 Å². The van der Waals surface area contributed by atoms with Crippen LogP contribution >= 0.6 is 0 Å². The van der Waals surface area contributed by atoms with E-state index in [1.165, 1.54) is 38.0 Å². The predicted molar refractivity (Wildman–Crippen MR) is 145 cm³/mol. The quantitative estimate of drug-likeness (QED) is 0.257. The number of esters is 1. The van der Waals surface area contributed by atoms with Gasteiger partial charge in [-0.1, -0.05) is 12.1 Å². The molecule has 0 radical (unpaired) electrons. The van der Waals surface area contributed by atoms with Gasteiger partial charge in [0.25, 0.3) is 5.56 Å². The summed E-state index contributed by atoms with van der Waals surface area (Å²) in [4.78, 5) is 58.9. The standard InChI is InChI=1S/C29H31N3O7/c1-17-18(24-30-14-15-38-24)12-13-20-23(17)25(34)32(29(5,6)26(35)39-28(2,3)4)27(36)31(20)16-21(33)19-10-8-9-11-22(19)37-7/h8-15H,16H2,1-7H3. The van der Waals surface area contributed by atoms with Crippen molar-refractivity contribution in [2.45, 2.75) is 59.2 Å². The first-order valence-electron chi connectivity index (χ1n) is 12.4. The van der Waals surface area contributed by atoms with Gasteiger partial charge in [-0.25, -0.2) is 19.1 Å². The summed E-state index contributed by atoms with van der Waals surface area (Å²) in [5, 5.41) is 0.148. The molecule has 0 saturated carbocycles. The number of carbonyl (C=O) groups is 2. The molecule has 0 fully saturated rings. The predicted octanol–water partition coefficient (Wildman–Crippen LogP) is 4.09. The molecule has 0 amide bonds. The van der Waals surface area contributed by atoms with Crippen molar-refractivity contribution in [3.8, 4) is 17.2 Å². The Hall–Kier alpha value is -4.47. The molecule has 39 heavy (non-hydrogen) atoms. The van der Waals surface area contributed by atoms with Gasteiger partial charge in [0.1, 0.15) is 23.2 Å². The van der Waals surface area contributed by atoms with Crippen LogP contribution in [-0.4, -0.2) is 38.6 Å². The zero-order valence-electron chi connectivity index (χ0n) is 23.0. The molecule has 4 aromatic rings. The highest BCUT2D eigenvalue weighted by Crippen LogP contribution is 2.28. The summed E-state index contributed by atoms with van der Waals surface area (Å²) in [6, 6.07) is 9.92. The fourth-order valence-corrected chi connectivity index (χ4v) is 4.45. The molecule has 4 rings (SSSR count). The summed E-state index contributed by atoms with van der Waals surface area (Å²) in [6.07, 6.45) is 2.89. The van der Waals surface area contributed by atoms with Crippen molar-refractivity contribution < 1.29 is 23.5 Å². The Bertz CT molecular complexity index is 1690. The third-order valence-corrected chi connectivity index (χ3v) is 6.40. The summed E-state index contributed by atoms with van der Waals surface area (Å²) in [5.41, 5.74) is -2.56. The number of ether oxygens (including phenoxy) is 2. The Morgan fingerprint density at radius 1 is 1.03 bits per heavy atom. The van der Waals surface area contributed by atoms with Gasteiger partial charge in [-0.2, -0.15) is 0 Å². The minimum atomic E-state index is -1.70. The first-order valence-corrected chi connectivity index (χ1v) is 12.4. The second-order valence-corrected chi connectivity index (χ2v) is 10.7. The second kappa shape index (κ2) is 10.0. The molecule has 0 aliphatic carbocycles. The van der Waals surface area contributed by atoms with E-state index in [2.05, 4.69) is 4.98 Å². The van der Waals surface area contributed by atoms with Crippen molar-refractivity contribution in [3.63, 3.8) is 0 Å². The number of aromatic nitrogens is 3. The molecule has 0 atom stereocenters. The second-order valence-electron chi connectivity index (χ2n) is 10.7. The van der Waals surface area contributed by atoms with E-state index in [9.17, 15) is 19.2 Å². The first kappa shape index (κ1) is 27.6. The van der Waals surface area contributed by atoms with E-state index in [0.29, 0.717) is 16.9 Å². The van der Waals surface area contributed by atoms with Gasteiger partial charge in [0.05, 0.1) is 36.3 Å². The fourth-order valence-electron chi connectivity index (χ4n) is 4.45. The number of aryl methyl sites for hydroxylation is 1. The molecule has 0 saturated heterocycles. The number of hydrogen-bond acceptors (Lipinski definition) is 8. The summed E-state index contributed by atoms with van der Waals surface area (Å²) >= 11 is 0. The maximum absolute atomic E-state index is 14.0. The van der Waals surface area contributed by atoms with E-state index in [-0.39, 0.29) is 22.4 Å². The minimum absolute atomic E-state index is 0.148. The van der Waals surface area contributed by atoms with Crippen molar-refractivity contribution in [3.05, 3.63) is 80.8 Å². The SMILES string of the molecule is COc1ccccc1C(=O)Cn1c(=O)n(C(C)(C)C(=O)OC(C)(C)C)c(=O)c2c(C)c(-c3ncco3)ccc21. The number of carbonyl (C=O) groups excluding carboxylic acids is 2. The van der Waals surface area contributed by atoms with E-state index in [4.69, 9.17) is 13.9 Å². The Balaban J connectivity index is 2.03. The normalized spacial score (nSPS) is 12.0. The van der Waals surface area contributed by atoms with Crippen LogP contribution in [0.4, 0.5) is 0 Å². The van der Waals surface area contributed by atoms with Gasteiger partial charge in [-0.05, 0) is 71.4 Å². The maximum atomic E-state index is 14.0. The largest absolute Gasteiger partial charge is 0.496 e. The van der Waals surface area contributed by atoms with Crippen molar-refractivity contribution in [1.29, 1.82) is 0 Å². The number of oxazole rings is 1. The molecule has 0 aliphatic rings. The lowest BCUT2D eigenvalue weighted by Gasteiger charge is -2.30. The van der Waals surface area contributed by atoms with Crippen LogP contribution in [-0.2, 0) is 21.6 Å². The van der Waals surface area contributed by atoms with Crippen LogP contribution in [0.15, 0.2) is 62.9 Å². The van der Waals surface area contributed by atoms with E-state index >= 15 is 0 Å². The lowest BCUT2D eigenvalue weighted by molar-refractivity contribution is -0.164. The van der Waals surface area contributed by atoms with Gasteiger partial charge >= 0.3 is 11.7 Å². The Morgan fingerprint density at radius 2 is 1.72 bits per heavy atom. The minimum Gasteiger partial charge on any atom is -0.496 e. The van der Waals surface area contributed by atoms with Gasteiger partial charge in [-0.15, -0.1) is 0 Å². The van der Waals surface area contributed by atoms with Crippen LogP contribution in [0.1, 0.15) is 50.5 Å². The molecule has 2 aromatic carbocycles. The summed E-state index contributed by atoms with van der Waals surface area (Å²) in [7, 11) is 1.45. The number of ketones is 1. The third kappa shape index (κ3) is 5.01. The molecule has 0 N–H and O–H groups in total. The van der Waals surface area contributed by atoms with Crippen molar-refractivity contribution in [1.82, 2.24) is 14.1 Å². The van der Waals surface area contributed by atoms with Crippen LogP contribution in [0.2, 0.25) is 0 Å². The molecule has 0 bridgehead atoms. The van der Waals surface area contributed by atoms with Gasteiger partial charge in [-0.3, -0.25) is 14.2 Å². The van der Waals surface area contributed by atoms with Crippen molar-refractivity contribution in [2.75, 3.05) is 7.11 Å². The number of para-hydroxylation sites is 1. The Morgan fingerprint density at radius 3 is 2.33 bits per heavy atom. The number of benzene rings is 2. The fraction of sp³-hybridized carbons (Fsp3) is 0.345. The lowest BCUT2D eigenvalue weighted by atomic mass is 10.0. The maximum Gasteiger partial charge on any atom is 0.332 e. The third-order valence-electron chi connectivity index (χ3n) is 6.40. The molecule has 2 aromatic heterocycles. The molecular formula is C29H31N3O7. The lowest BCUT2D eigenvalue weighted by Crippen LogP contribution is -2.54. The van der Waals surface area contributed by atoms with Gasteiger partial charge in [0.2, 0.25) is 5.89 Å². The number of methoxy groups -OCH3 is 1. The smallest absolute Gasteiger partial charge is 0.332 e. The molecule has 0 unspecified atom stereocenters. The van der Waals surface area contributed by atoms with Crippen LogP contribution in [0.3, 0.4) is 0 Å². The van der Waals surface area contributed by atoms with Gasteiger partial charge < -0.3 is 13.9 Å². The highest BCUT2D eigenvalue weighted by Gasteiger charge is 2.38.